The molecule has 18 heavy (non-hydrogen) atoms. The highest BCUT2D eigenvalue weighted by Crippen LogP contribution is 2.28. The maximum Gasteiger partial charge on any atom is 0.307 e. The van der Waals surface area contributed by atoms with Crippen molar-refractivity contribution in [1.82, 2.24) is 0 Å². The summed E-state index contributed by atoms with van der Waals surface area (Å²) in [5.74, 6) is -0.153. The van der Waals surface area contributed by atoms with Gasteiger partial charge in [-0.3, -0.25) is 9.59 Å². The van der Waals surface area contributed by atoms with E-state index in [1.165, 1.54) is 13.8 Å². The zero-order chi connectivity index (χ0) is 13.7. The minimum absolute atomic E-state index is 0.0420. The zero-order valence-electron chi connectivity index (χ0n) is 11.2. The number of ketones is 1. The first-order valence-electron chi connectivity index (χ1n) is 5.88. The lowest BCUT2D eigenvalue weighted by Gasteiger charge is -2.17. The summed E-state index contributed by atoms with van der Waals surface area (Å²) in [6.07, 6.45) is 0. The van der Waals surface area contributed by atoms with Crippen LogP contribution in [0.1, 0.15) is 33.3 Å². The summed E-state index contributed by atoms with van der Waals surface area (Å²) in [5.41, 5.74) is 1.66. The summed E-state index contributed by atoms with van der Waals surface area (Å²) in [7, 11) is 0. The van der Waals surface area contributed by atoms with Gasteiger partial charge in [0.25, 0.3) is 0 Å². The Morgan fingerprint density at radius 2 is 1.61 bits per heavy atom. The molecule has 96 valence electrons. The van der Waals surface area contributed by atoms with Crippen molar-refractivity contribution < 1.29 is 14.3 Å². The van der Waals surface area contributed by atoms with E-state index in [-0.39, 0.29) is 17.7 Å². The summed E-state index contributed by atoms with van der Waals surface area (Å²) in [4.78, 5) is 22.6. The number of carbonyl (C=O) groups excluding carboxylic acids is 2. The average Bonchev–Trinajstić information content (AvgIpc) is 2.29. The van der Waals surface area contributed by atoms with Gasteiger partial charge in [0.1, 0.15) is 11.5 Å². The quantitative estimate of drug-likeness (QED) is 0.605. The van der Waals surface area contributed by atoms with Crippen molar-refractivity contribution in [1.29, 1.82) is 0 Å². The largest absolute Gasteiger partial charge is 0.431 e. The van der Waals surface area contributed by atoms with E-state index in [9.17, 15) is 9.59 Å². The Hall–Kier alpha value is -1.90. The summed E-state index contributed by atoms with van der Waals surface area (Å²) < 4.78 is 5.13. The molecule has 0 N–H and O–H groups in total. The molecule has 1 aromatic rings. The number of esters is 1. The Morgan fingerprint density at radius 3 is 2.06 bits per heavy atom. The fraction of sp³-hybridized carbons (Fsp3) is 0.333. The molecular formula is C15H18O3. The maximum absolute atomic E-state index is 11.6. The van der Waals surface area contributed by atoms with Crippen LogP contribution in [0.4, 0.5) is 0 Å². The topological polar surface area (TPSA) is 43.4 Å². The minimum atomic E-state index is -0.378. The van der Waals surface area contributed by atoms with E-state index in [1.54, 1.807) is 6.92 Å². The van der Waals surface area contributed by atoms with Crippen LogP contribution in [0.5, 0.6) is 0 Å². The van der Waals surface area contributed by atoms with Gasteiger partial charge in [0.05, 0.1) is 0 Å². The Labute approximate surface area is 107 Å². The van der Waals surface area contributed by atoms with Crippen LogP contribution in [-0.2, 0) is 14.3 Å². The fourth-order valence-electron chi connectivity index (χ4n) is 1.85. The molecule has 3 heteroatoms. The van der Waals surface area contributed by atoms with Gasteiger partial charge < -0.3 is 4.74 Å². The molecule has 1 atom stereocenters. The zero-order valence-corrected chi connectivity index (χ0v) is 11.2. The van der Waals surface area contributed by atoms with E-state index >= 15 is 0 Å². The van der Waals surface area contributed by atoms with Crippen LogP contribution in [0.2, 0.25) is 0 Å². The number of hydrogen-bond donors (Lipinski definition) is 0. The normalized spacial score (nSPS) is 13.6. The standard InChI is InChI=1S/C15H18O3/c1-10(11(2)16)15(12(3)18-13(4)17)14-8-6-5-7-9-14/h5-10H,1-4H3/b15-12+. The third kappa shape index (κ3) is 3.55. The molecule has 0 radical (unpaired) electrons. The third-order valence-corrected chi connectivity index (χ3v) is 2.80. The first-order chi connectivity index (χ1) is 8.43. The predicted molar refractivity (Wildman–Crippen MR) is 70.6 cm³/mol. The van der Waals surface area contributed by atoms with Crippen molar-refractivity contribution in [3.8, 4) is 0 Å². The Bertz CT molecular complexity index is 472. The van der Waals surface area contributed by atoms with Crippen molar-refractivity contribution in [2.45, 2.75) is 27.7 Å². The highest BCUT2D eigenvalue weighted by atomic mass is 16.5. The average molecular weight is 246 g/mol. The van der Waals surface area contributed by atoms with Crippen LogP contribution in [0.25, 0.3) is 5.57 Å². The van der Waals surface area contributed by atoms with Gasteiger partial charge in [-0.1, -0.05) is 37.3 Å². The molecule has 0 fully saturated rings. The van der Waals surface area contributed by atoms with Gasteiger partial charge in [0.15, 0.2) is 0 Å². The Balaban J connectivity index is 3.27. The lowest BCUT2D eigenvalue weighted by atomic mass is 9.90. The smallest absolute Gasteiger partial charge is 0.307 e. The van der Waals surface area contributed by atoms with Crippen molar-refractivity contribution in [2.75, 3.05) is 0 Å². The monoisotopic (exact) mass is 246 g/mol. The number of rotatable bonds is 4. The van der Waals surface area contributed by atoms with Crippen molar-refractivity contribution in [3.05, 3.63) is 41.7 Å². The van der Waals surface area contributed by atoms with Crippen LogP contribution >= 0.6 is 0 Å². The van der Waals surface area contributed by atoms with Gasteiger partial charge in [-0.05, 0) is 19.4 Å². The fourth-order valence-corrected chi connectivity index (χ4v) is 1.85. The molecule has 0 bridgehead atoms. The molecule has 0 heterocycles. The predicted octanol–water partition coefficient (Wildman–Crippen LogP) is 3.21. The summed E-state index contributed by atoms with van der Waals surface area (Å²) >= 11 is 0. The summed E-state index contributed by atoms with van der Waals surface area (Å²) in [5, 5.41) is 0. The maximum atomic E-state index is 11.6. The van der Waals surface area contributed by atoms with Gasteiger partial charge >= 0.3 is 5.97 Å². The molecule has 1 aromatic carbocycles. The van der Waals surface area contributed by atoms with Crippen molar-refractivity contribution in [3.63, 3.8) is 0 Å². The minimum Gasteiger partial charge on any atom is -0.431 e. The Morgan fingerprint density at radius 1 is 1.06 bits per heavy atom. The van der Waals surface area contributed by atoms with Crippen LogP contribution < -0.4 is 0 Å². The lowest BCUT2D eigenvalue weighted by Crippen LogP contribution is -2.12. The molecule has 3 nitrogen and oxygen atoms in total. The molecule has 0 aliphatic rings. The number of Topliss-reactive ketones (excluding diaryl/α,β-unsaturated/α-hetero) is 1. The van der Waals surface area contributed by atoms with E-state index < -0.39 is 0 Å². The van der Waals surface area contributed by atoms with E-state index in [0.717, 1.165) is 11.1 Å². The second-order valence-corrected chi connectivity index (χ2v) is 4.26. The van der Waals surface area contributed by atoms with Crippen molar-refractivity contribution >= 4 is 17.3 Å². The SMILES string of the molecule is CC(=O)O/C(C)=C(/c1ccccc1)C(C)C(C)=O. The Kier molecular flexibility index (Phi) is 4.84. The number of hydrogen-bond acceptors (Lipinski definition) is 3. The lowest BCUT2D eigenvalue weighted by molar-refractivity contribution is -0.136. The molecule has 0 aliphatic carbocycles. The van der Waals surface area contributed by atoms with Gasteiger partial charge in [0.2, 0.25) is 0 Å². The molecule has 0 amide bonds. The molecule has 1 rings (SSSR count). The van der Waals surface area contributed by atoms with Gasteiger partial charge in [0, 0.05) is 18.4 Å². The highest BCUT2D eigenvalue weighted by Gasteiger charge is 2.19. The number of carbonyl (C=O) groups is 2. The molecule has 0 spiro atoms. The molecule has 0 aliphatic heterocycles. The molecule has 0 saturated heterocycles. The number of allylic oxidation sites excluding steroid dienone is 2. The highest BCUT2D eigenvalue weighted by molar-refractivity contribution is 5.92. The van der Waals surface area contributed by atoms with Gasteiger partial charge in [-0.25, -0.2) is 0 Å². The van der Waals surface area contributed by atoms with Crippen LogP contribution in [0.15, 0.2) is 36.1 Å². The summed E-state index contributed by atoms with van der Waals surface area (Å²) in [6, 6.07) is 9.50. The van der Waals surface area contributed by atoms with Gasteiger partial charge in [-0.15, -0.1) is 0 Å². The van der Waals surface area contributed by atoms with Gasteiger partial charge in [-0.2, -0.15) is 0 Å². The van der Waals surface area contributed by atoms with Crippen LogP contribution in [-0.4, -0.2) is 11.8 Å². The third-order valence-electron chi connectivity index (χ3n) is 2.80. The summed E-state index contributed by atoms with van der Waals surface area (Å²) in [6.45, 7) is 6.42. The molecular weight excluding hydrogens is 228 g/mol. The second kappa shape index (κ2) is 6.15. The molecule has 1 unspecified atom stereocenters. The van der Waals surface area contributed by atoms with Crippen LogP contribution in [0, 0.1) is 5.92 Å². The molecule has 0 aromatic heterocycles. The first-order valence-corrected chi connectivity index (χ1v) is 5.88. The second-order valence-electron chi connectivity index (χ2n) is 4.26. The first kappa shape index (κ1) is 14.2. The van der Waals surface area contributed by atoms with E-state index in [4.69, 9.17) is 4.74 Å². The number of ether oxygens (including phenoxy) is 1. The van der Waals surface area contributed by atoms with E-state index in [1.807, 2.05) is 37.3 Å². The van der Waals surface area contributed by atoms with E-state index in [0.29, 0.717) is 5.76 Å². The number of benzene rings is 1. The van der Waals surface area contributed by atoms with Crippen molar-refractivity contribution in [2.24, 2.45) is 5.92 Å². The van der Waals surface area contributed by atoms with E-state index in [2.05, 4.69) is 0 Å². The molecule has 0 saturated carbocycles. The van der Waals surface area contributed by atoms with Crippen LogP contribution in [0.3, 0.4) is 0 Å².